The molecule has 1 atom stereocenters. The standard InChI is InChI=1S/C18H22FNO/c1-4-20-17(12-14-5-8-16(19)9-6-14)15-7-10-18(21-3)13(2)11-15/h5-11,17,20H,4,12H2,1-3H3. The predicted molar refractivity (Wildman–Crippen MR) is 84.3 cm³/mol. The number of benzene rings is 2. The minimum atomic E-state index is -0.195. The molecule has 2 rings (SSSR count). The van der Waals surface area contributed by atoms with Crippen molar-refractivity contribution in [3.05, 3.63) is 65.0 Å². The molecule has 0 radical (unpaired) electrons. The molecule has 0 aliphatic carbocycles. The highest BCUT2D eigenvalue weighted by atomic mass is 19.1. The van der Waals surface area contributed by atoms with Gasteiger partial charge in [0, 0.05) is 6.04 Å². The number of nitrogens with one attached hydrogen (secondary N) is 1. The van der Waals surface area contributed by atoms with Crippen LogP contribution in [0.2, 0.25) is 0 Å². The fourth-order valence-electron chi connectivity index (χ4n) is 2.53. The quantitative estimate of drug-likeness (QED) is 0.866. The van der Waals surface area contributed by atoms with Crippen molar-refractivity contribution in [2.45, 2.75) is 26.3 Å². The van der Waals surface area contributed by atoms with E-state index in [1.807, 2.05) is 25.1 Å². The van der Waals surface area contributed by atoms with E-state index < -0.39 is 0 Å². The van der Waals surface area contributed by atoms with Gasteiger partial charge in [-0.25, -0.2) is 4.39 Å². The van der Waals surface area contributed by atoms with Crippen LogP contribution in [0.5, 0.6) is 5.75 Å². The van der Waals surface area contributed by atoms with Gasteiger partial charge in [0.25, 0.3) is 0 Å². The van der Waals surface area contributed by atoms with Crippen LogP contribution in [0.25, 0.3) is 0 Å². The predicted octanol–water partition coefficient (Wildman–Crippen LogP) is 4.04. The molecule has 0 bridgehead atoms. The van der Waals surface area contributed by atoms with Gasteiger partial charge in [-0.3, -0.25) is 0 Å². The number of aryl methyl sites for hydroxylation is 1. The molecule has 0 aliphatic heterocycles. The fraction of sp³-hybridized carbons (Fsp3) is 0.333. The second kappa shape index (κ2) is 7.23. The van der Waals surface area contributed by atoms with Crippen LogP contribution in [-0.2, 0) is 6.42 Å². The summed E-state index contributed by atoms with van der Waals surface area (Å²) >= 11 is 0. The van der Waals surface area contributed by atoms with Crippen molar-refractivity contribution in [2.24, 2.45) is 0 Å². The van der Waals surface area contributed by atoms with Gasteiger partial charge in [0.15, 0.2) is 0 Å². The number of halogens is 1. The minimum absolute atomic E-state index is 0.195. The van der Waals surface area contributed by atoms with Crippen LogP contribution in [0.3, 0.4) is 0 Å². The molecule has 3 heteroatoms. The van der Waals surface area contributed by atoms with Crippen molar-refractivity contribution in [3.8, 4) is 5.75 Å². The largest absolute Gasteiger partial charge is 0.496 e. The summed E-state index contributed by atoms with van der Waals surface area (Å²) in [5.41, 5.74) is 3.47. The third-order valence-electron chi connectivity index (χ3n) is 3.62. The summed E-state index contributed by atoms with van der Waals surface area (Å²) in [5.74, 6) is 0.704. The maximum Gasteiger partial charge on any atom is 0.123 e. The molecule has 2 aromatic carbocycles. The molecule has 0 heterocycles. The summed E-state index contributed by atoms with van der Waals surface area (Å²) in [6, 6.07) is 13.2. The molecule has 0 fully saturated rings. The van der Waals surface area contributed by atoms with Crippen LogP contribution in [-0.4, -0.2) is 13.7 Å². The number of likely N-dealkylation sites (N-methyl/N-ethyl adjacent to an activating group) is 1. The summed E-state index contributed by atoms with van der Waals surface area (Å²) in [6.07, 6.45) is 0.833. The topological polar surface area (TPSA) is 21.3 Å². The van der Waals surface area contributed by atoms with Gasteiger partial charge in [-0.15, -0.1) is 0 Å². The average Bonchev–Trinajstić information content (AvgIpc) is 2.49. The van der Waals surface area contributed by atoms with Gasteiger partial charge in [-0.05, 0) is 54.8 Å². The molecule has 112 valence electrons. The molecule has 2 aromatic rings. The summed E-state index contributed by atoms with van der Waals surface area (Å²) in [6.45, 7) is 5.02. The van der Waals surface area contributed by atoms with Gasteiger partial charge in [-0.1, -0.05) is 31.2 Å². The summed E-state index contributed by atoms with van der Waals surface area (Å²) < 4.78 is 18.3. The van der Waals surface area contributed by atoms with E-state index in [1.54, 1.807) is 7.11 Å². The van der Waals surface area contributed by atoms with Gasteiger partial charge in [0.05, 0.1) is 7.11 Å². The van der Waals surface area contributed by atoms with Crippen LogP contribution in [0.1, 0.15) is 29.7 Å². The first-order chi connectivity index (χ1) is 10.1. The molecule has 0 aliphatic rings. The van der Waals surface area contributed by atoms with Gasteiger partial charge in [0.1, 0.15) is 11.6 Å². The van der Waals surface area contributed by atoms with Crippen molar-refractivity contribution in [1.82, 2.24) is 5.32 Å². The van der Waals surface area contributed by atoms with Crippen molar-refractivity contribution >= 4 is 0 Å². The maximum absolute atomic E-state index is 13.0. The van der Waals surface area contributed by atoms with E-state index in [0.717, 1.165) is 29.8 Å². The summed E-state index contributed by atoms with van der Waals surface area (Å²) in [4.78, 5) is 0. The lowest BCUT2D eigenvalue weighted by Gasteiger charge is -2.20. The monoisotopic (exact) mass is 287 g/mol. The van der Waals surface area contributed by atoms with E-state index in [9.17, 15) is 4.39 Å². The van der Waals surface area contributed by atoms with E-state index >= 15 is 0 Å². The molecule has 0 spiro atoms. The van der Waals surface area contributed by atoms with Gasteiger partial charge in [-0.2, -0.15) is 0 Å². The molecule has 0 aromatic heterocycles. The number of hydrogen-bond donors (Lipinski definition) is 1. The average molecular weight is 287 g/mol. The zero-order valence-corrected chi connectivity index (χ0v) is 12.8. The van der Waals surface area contributed by atoms with E-state index in [-0.39, 0.29) is 11.9 Å². The lowest BCUT2D eigenvalue weighted by atomic mass is 9.97. The smallest absolute Gasteiger partial charge is 0.123 e. The summed E-state index contributed by atoms with van der Waals surface area (Å²) in [5, 5.41) is 3.49. The highest BCUT2D eigenvalue weighted by Gasteiger charge is 2.12. The highest BCUT2D eigenvalue weighted by Crippen LogP contribution is 2.25. The Morgan fingerprint density at radius 1 is 1.14 bits per heavy atom. The molecule has 0 amide bonds. The Hall–Kier alpha value is -1.87. The Morgan fingerprint density at radius 2 is 1.86 bits per heavy atom. The normalized spacial score (nSPS) is 12.2. The molecular weight excluding hydrogens is 265 g/mol. The van der Waals surface area contributed by atoms with Gasteiger partial charge >= 0.3 is 0 Å². The first-order valence-electron chi connectivity index (χ1n) is 7.26. The van der Waals surface area contributed by atoms with E-state index in [0.29, 0.717) is 0 Å². The Morgan fingerprint density at radius 3 is 2.43 bits per heavy atom. The van der Waals surface area contributed by atoms with Crippen LogP contribution < -0.4 is 10.1 Å². The first-order valence-corrected chi connectivity index (χ1v) is 7.26. The molecule has 21 heavy (non-hydrogen) atoms. The Bertz CT molecular complexity index is 580. The number of ether oxygens (including phenoxy) is 1. The Labute approximate surface area is 126 Å². The zero-order chi connectivity index (χ0) is 15.2. The zero-order valence-electron chi connectivity index (χ0n) is 12.8. The number of methoxy groups -OCH3 is 1. The number of rotatable bonds is 6. The lowest BCUT2D eigenvalue weighted by molar-refractivity contribution is 0.411. The second-order valence-electron chi connectivity index (χ2n) is 5.17. The highest BCUT2D eigenvalue weighted by molar-refractivity contribution is 5.38. The van der Waals surface area contributed by atoms with Crippen LogP contribution in [0, 0.1) is 12.7 Å². The molecule has 0 saturated heterocycles. The van der Waals surface area contributed by atoms with E-state index in [2.05, 4.69) is 24.4 Å². The van der Waals surface area contributed by atoms with Gasteiger partial charge < -0.3 is 10.1 Å². The Kier molecular flexibility index (Phi) is 5.34. The molecule has 2 nitrogen and oxygen atoms in total. The van der Waals surface area contributed by atoms with Crippen LogP contribution in [0.15, 0.2) is 42.5 Å². The molecule has 1 unspecified atom stereocenters. The molecule has 1 N–H and O–H groups in total. The molecular formula is C18H22FNO. The van der Waals surface area contributed by atoms with Crippen molar-refractivity contribution in [2.75, 3.05) is 13.7 Å². The fourth-order valence-corrected chi connectivity index (χ4v) is 2.53. The van der Waals surface area contributed by atoms with Gasteiger partial charge in [0.2, 0.25) is 0 Å². The summed E-state index contributed by atoms with van der Waals surface area (Å²) in [7, 11) is 1.68. The SMILES string of the molecule is CCNC(Cc1ccc(F)cc1)c1ccc(OC)c(C)c1. The third kappa shape index (κ3) is 4.05. The first kappa shape index (κ1) is 15.5. The third-order valence-corrected chi connectivity index (χ3v) is 3.62. The Balaban J connectivity index is 2.21. The van der Waals surface area contributed by atoms with E-state index in [4.69, 9.17) is 4.74 Å². The van der Waals surface area contributed by atoms with Crippen molar-refractivity contribution in [3.63, 3.8) is 0 Å². The lowest BCUT2D eigenvalue weighted by Crippen LogP contribution is -2.23. The number of hydrogen-bond acceptors (Lipinski definition) is 2. The molecule has 0 saturated carbocycles. The minimum Gasteiger partial charge on any atom is -0.496 e. The van der Waals surface area contributed by atoms with Crippen LogP contribution >= 0.6 is 0 Å². The van der Waals surface area contributed by atoms with Crippen LogP contribution in [0.4, 0.5) is 4.39 Å². The van der Waals surface area contributed by atoms with E-state index in [1.165, 1.54) is 17.7 Å². The van der Waals surface area contributed by atoms with Crippen molar-refractivity contribution < 1.29 is 9.13 Å². The maximum atomic E-state index is 13.0. The second-order valence-corrected chi connectivity index (χ2v) is 5.17. The van der Waals surface area contributed by atoms with Crippen molar-refractivity contribution in [1.29, 1.82) is 0 Å².